The second kappa shape index (κ2) is 3.96. The fourth-order valence-electron chi connectivity index (χ4n) is 1.84. The van der Waals surface area contributed by atoms with Crippen LogP contribution in [0.1, 0.15) is 10.5 Å². The Morgan fingerprint density at radius 2 is 2.00 bits per heavy atom. The number of carboxylic acid groups (broad SMARTS) is 1. The molecule has 0 fully saturated rings. The fraction of sp³-hybridized carbons (Fsp3) is 0. The van der Waals surface area contributed by atoms with E-state index in [0.29, 0.717) is 5.69 Å². The molecular weight excluding hydrogens is 230 g/mol. The first-order valence-electron chi connectivity index (χ1n) is 5.37. The van der Waals surface area contributed by atoms with Crippen molar-refractivity contribution in [2.75, 3.05) is 0 Å². The zero-order chi connectivity index (χ0) is 12.5. The Balaban J connectivity index is 2.12. The van der Waals surface area contributed by atoms with Crippen LogP contribution < -0.4 is 0 Å². The minimum absolute atomic E-state index is 0.0559. The maximum Gasteiger partial charge on any atom is 0.356 e. The summed E-state index contributed by atoms with van der Waals surface area (Å²) in [7, 11) is 0. The van der Waals surface area contributed by atoms with E-state index >= 15 is 0 Å². The van der Waals surface area contributed by atoms with Gasteiger partial charge in [0.2, 0.25) is 0 Å². The monoisotopic (exact) mass is 239 g/mol. The molecular formula is C13H9N3O2. The van der Waals surface area contributed by atoms with Gasteiger partial charge in [-0.1, -0.05) is 6.07 Å². The average molecular weight is 239 g/mol. The number of carbonyl (C=O) groups is 1. The third-order valence-corrected chi connectivity index (χ3v) is 2.70. The van der Waals surface area contributed by atoms with Gasteiger partial charge in [0.1, 0.15) is 5.69 Å². The lowest BCUT2D eigenvalue weighted by Crippen LogP contribution is -2.01. The van der Waals surface area contributed by atoms with Gasteiger partial charge < -0.3 is 9.51 Å². The van der Waals surface area contributed by atoms with E-state index in [1.807, 2.05) is 40.9 Å². The average Bonchev–Trinajstić information content (AvgIpc) is 2.82. The maximum absolute atomic E-state index is 10.7. The number of aromatic nitrogens is 3. The van der Waals surface area contributed by atoms with Gasteiger partial charge in [-0.25, -0.2) is 9.78 Å². The molecule has 0 atom stereocenters. The number of hydrogen-bond donors (Lipinski definition) is 1. The predicted octanol–water partition coefficient (Wildman–Crippen LogP) is 2.09. The zero-order valence-corrected chi connectivity index (χ0v) is 9.32. The lowest BCUT2D eigenvalue weighted by atomic mass is 10.3. The van der Waals surface area contributed by atoms with Gasteiger partial charge >= 0.3 is 5.97 Å². The third kappa shape index (κ3) is 1.62. The highest BCUT2D eigenvalue weighted by Gasteiger charge is 2.08. The van der Waals surface area contributed by atoms with Crippen LogP contribution in [0, 0.1) is 0 Å². The first kappa shape index (κ1) is 10.5. The van der Waals surface area contributed by atoms with Gasteiger partial charge in [-0.05, 0) is 24.3 Å². The molecule has 3 aromatic heterocycles. The van der Waals surface area contributed by atoms with Crippen molar-refractivity contribution >= 4 is 11.5 Å². The molecule has 5 nitrogen and oxygen atoms in total. The zero-order valence-electron chi connectivity index (χ0n) is 9.32. The van der Waals surface area contributed by atoms with Crippen LogP contribution in [0.2, 0.25) is 0 Å². The fourth-order valence-corrected chi connectivity index (χ4v) is 1.84. The van der Waals surface area contributed by atoms with E-state index in [1.54, 1.807) is 0 Å². The summed E-state index contributed by atoms with van der Waals surface area (Å²) < 4.78 is 1.98. The van der Waals surface area contributed by atoms with Gasteiger partial charge in [-0.15, -0.1) is 0 Å². The summed E-state index contributed by atoms with van der Waals surface area (Å²) in [6.07, 6.45) is 4.66. The molecule has 0 radical (unpaired) electrons. The lowest BCUT2D eigenvalue weighted by molar-refractivity contribution is 0.0690. The lowest BCUT2D eigenvalue weighted by Gasteiger charge is -2.02. The maximum atomic E-state index is 10.7. The van der Waals surface area contributed by atoms with E-state index in [0.717, 1.165) is 11.2 Å². The van der Waals surface area contributed by atoms with Crippen LogP contribution in [0.5, 0.6) is 0 Å². The standard InChI is InChI=1S/C13H9N3O2/c17-13(18)11-8-14-10(7-15-11)12-5-4-9-3-1-2-6-16(9)12/h1-8H,(H,17,18). The number of rotatable bonds is 2. The van der Waals surface area contributed by atoms with Crippen LogP contribution in [0.15, 0.2) is 48.9 Å². The minimum Gasteiger partial charge on any atom is -0.476 e. The van der Waals surface area contributed by atoms with Crippen LogP contribution >= 0.6 is 0 Å². The highest BCUT2D eigenvalue weighted by atomic mass is 16.4. The van der Waals surface area contributed by atoms with Crippen LogP contribution in [0.25, 0.3) is 16.9 Å². The molecule has 3 heterocycles. The number of aromatic carboxylic acids is 1. The molecule has 0 aliphatic rings. The number of pyridine rings is 1. The van der Waals surface area contributed by atoms with Gasteiger partial charge in [-0.2, -0.15) is 0 Å². The molecule has 0 aliphatic carbocycles. The molecule has 0 saturated heterocycles. The highest BCUT2D eigenvalue weighted by Crippen LogP contribution is 2.19. The molecule has 3 rings (SSSR count). The van der Waals surface area contributed by atoms with Crippen LogP contribution in [0.3, 0.4) is 0 Å². The summed E-state index contributed by atoms with van der Waals surface area (Å²) in [5, 5.41) is 8.77. The Hall–Kier alpha value is -2.69. The second-order valence-electron chi connectivity index (χ2n) is 3.81. The second-order valence-corrected chi connectivity index (χ2v) is 3.81. The van der Waals surface area contributed by atoms with Gasteiger partial charge in [-0.3, -0.25) is 4.98 Å². The van der Waals surface area contributed by atoms with Gasteiger partial charge in [0.15, 0.2) is 5.69 Å². The van der Waals surface area contributed by atoms with Gasteiger partial charge in [0, 0.05) is 11.7 Å². The normalized spacial score (nSPS) is 10.7. The topological polar surface area (TPSA) is 67.5 Å². The van der Waals surface area contributed by atoms with Crippen LogP contribution in [-0.4, -0.2) is 25.4 Å². The predicted molar refractivity (Wildman–Crippen MR) is 65.4 cm³/mol. The first-order chi connectivity index (χ1) is 8.75. The molecule has 3 aromatic rings. The van der Waals surface area contributed by atoms with Crippen molar-refractivity contribution in [1.29, 1.82) is 0 Å². The molecule has 1 N–H and O–H groups in total. The Bertz CT molecular complexity index is 716. The summed E-state index contributed by atoms with van der Waals surface area (Å²) in [6, 6.07) is 9.78. The van der Waals surface area contributed by atoms with Crippen molar-refractivity contribution in [3.05, 3.63) is 54.6 Å². The molecule has 0 unspecified atom stereocenters. The molecule has 0 saturated carbocycles. The van der Waals surface area contributed by atoms with Crippen LogP contribution in [-0.2, 0) is 0 Å². The molecule has 0 bridgehead atoms. The summed E-state index contributed by atoms with van der Waals surface area (Å²) in [5.74, 6) is -1.07. The molecule has 88 valence electrons. The van der Waals surface area contributed by atoms with E-state index in [2.05, 4.69) is 9.97 Å². The SMILES string of the molecule is O=C(O)c1cnc(-c2ccc3ccccn23)cn1. The number of nitrogens with zero attached hydrogens (tertiary/aromatic N) is 3. The van der Waals surface area contributed by atoms with Crippen molar-refractivity contribution in [3.8, 4) is 11.4 Å². The Labute approximate surface area is 102 Å². The van der Waals surface area contributed by atoms with Crippen molar-refractivity contribution < 1.29 is 9.90 Å². The summed E-state index contributed by atoms with van der Waals surface area (Å²) in [4.78, 5) is 18.7. The summed E-state index contributed by atoms with van der Waals surface area (Å²) in [5.41, 5.74) is 2.53. The van der Waals surface area contributed by atoms with Crippen molar-refractivity contribution in [2.45, 2.75) is 0 Å². The third-order valence-electron chi connectivity index (χ3n) is 2.70. The van der Waals surface area contributed by atoms with Gasteiger partial charge in [0.05, 0.1) is 18.1 Å². The quantitative estimate of drug-likeness (QED) is 0.743. The van der Waals surface area contributed by atoms with E-state index in [-0.39, 0.29) is 5.69 Å². The molecule has 0 aromatic carbocycles. The Kier molecular flexibility index (Phi) is 2.30. The Morgan fingerprint density at radius 3 is 2.72 bits per heavy atom. The smallest absolute Gasteiger partial charge is 0.356 e. The Morgan fingerprint density at radius 1 is 1.11 bits per heavy atom. The summed E-state index contributed by atoms with van der Waals surface area (Å²) >= 11 is 0. The van der Waals surface area contributed by atoms with Gasteiger partial charge in [0.25, 0.3) is 0 Å². The number of hydrogen-bond acceptors (Lipinski definition) is 3. The summed E-state index contributed by atoms with van der Waals surface area (Å²) in [6.45, 7) is 0. The largest absolute Gasteiger partial charge is 0.476 e. The number of carboxylic acids is 1. The van der Waals surface area contributed by atoms with E-state index in [9.17, 15) is 4.79 Å². The van der Waals surface area contributed by atoms with Crippen molar-refractivity contribution in [3.63, 3.8) is 0 Å². The van der Waals surface area contributed by atoms with E-state index in [4.69, 9.17) is 5.11 Å². The number of fused-ring (bicyclic) bond motifs is 1. The molecule has 0 spiro atoms. The van der Waals surface area contributed by atoms with Crippen LogP contribution in [0.4, 0.5) is 0 Å². The van der Waals surface area contributed by atoms with E-state index in [1.165, 1.54) is 12.4 Å². The minimum atomic E-state index is -1.07. The van der Waals surface area contributed by atoms with E-state index < -0.39 is 5.97 Å². The first-order valence-corrected chi connectivity index (χ1v) is 5.37. The van der Waals surface area contributed by atoms with Crippen molar-refractivity contribution in [1.82, 2.24) is 14.4 Å². The molecule has 0 aliphatic heterocycles. The highest BCUT2D eigenvalue weighted by molar-refractivity contribution is 5.85. The molecule has 18 heavy (non-hydrogen) atoms. The molecule has 5 heteroatoms. The molecule has 0 amide bonds. The van der Waals surface area contributed by atoms with Crippen molar-refractivity contribution in [2.24, 2.45) is 0 Å².